The van der Waals surface area contributed by atoms with E-state index in [4.69, 9.17) is 0 Å². The lowest BCUT2D eigenvalue weighted by Crippen LogP contribution is -2.31. The molecule has 1 N–H and O–H groups in total. The monoisotopic (exact) mass is 205 g/mol. The molecular formula is C10H23NOS. The lowest BCUT2D eigenvalue weighted by Gasteiger charge is -2.15. The molecule has 0 amide bonds. The quantitative estimate of drug-likeness (QED) is 0.656. The molecule has 0 aromatic heterocycles. The zero-order chi connectivity index (χ0) is 10.1. The fourth-order valence-corrected chi connectivity index (χ4v) is 1.95. The summed E-state index contributed by atoms with van der Waals surface area (Å²) < 4.78 is 11.1. The second kappa shape index (κ2) is 8.70. The minimum absolute atomic E-state index is 0.612. The van der Waals surface area contributed by atoms with Crippen molar-refractivity contribution in [3.8, 4) is 0 Å². The van der Waals surface area contributed by atoms with E-state index in [9.17, 15) is 4.21 Å². The number of hydrogen-bond donors (Lipinski definition) is 1. The van der Waals surface area contributed by atoms with Crippen LogP contribution in [0.15, 0.2) is 0 Å². The van der Waals surface area contributed by atoms with Crippen LogP contribution in [0.4, 0.5) is 0 Å². The molecule has 2 atom stereocenters. The summed E-state index contributed by atoms with van der Waals surface area (Å²) in [7, 11) is -0.612. The SMILES string of the molecule is CCCC(CC)NCCS(=O)CC. The lowest BCUT2D eigenvalue weighted by atomic mass is 10.1. The van der Waals surface area contributed by atoms with E-state index in [2.05, 4.69) is 19.2 Å². The molecule has 13 heavy (non-hydrogen) atoms. The van der Waals surface area contributed by atoms with Gasteiger partial charge in [0.05, 0.1) is 0 Å². The minimum Gasteiger partial charge on any atom is -0.313 e. The van der Waals surface area contributed by atoms with E-state index >= 15 is 0 Å². The summed E-state index contributed by atoms with van der Waals surface area (Å²) in [6, 6.07) is 0.624. The van der Waals surface area contributed by atoms with Crippen LogP contribution in [0.2, 0.25) is 0 Å². The maximum Gasteiger partial charge on any atom is 0.0360 e. The average molecular weight is 205 g/mol. The normalized spacial score (nSPS) is 15.6. The van der Waals surface area contributed by atoms with Gasteiger partial charge in [-0.05, 0) is 12.8 Å². The van der Waals surface area contributed by atoms with Crippen LogP contribution < -0.4 is 5.32 Å². The Balaban J connectivity index is 3.42. The first-order valence-corrected chi connectivity index (χ1v) is 6.81. The molecular weight excluding hydrogens is 182 g/mol. The average Bonchev–Trinajstić information content (AvgIpc) is 2.16. The van der Waals surface area contributed by atoms with E-state index in [1.807, 2.05) is 6.92 Å². The smallest absolute Gasteiger partial charge is 0.0360 e. The van der Waals surface area contributed by atoms with Gasteiger partial charge in [0, 0.05) is 34.9 Å². The van der Waals surface area contributed by atoms with Gasteiger partial charge in [-0.25, -0.2) is 0 Å². The van der Waals surface area contributed by atoms with Crippen LogP contribution in [-0.4, -0.2) is 28.3 Å². The third kappa shape index (κ3) is 7.20. The standard InChI is InChI=1S/C10H23NOS/c1-4-7-10(5-2)11-8-9-13(12)6-3/h10-11H,4-9H2,1-3H3. The van der Waals surface area contributed by atoms with Gasteiger partial charge in [0.1, 0.15) is 0 Å². The van der Waals surface area contributed by atoms with Gasteiger partial charge in [-0.15, -0.1) is 0 Å². The third-order valence-corrected chi connectivity index (χ3v) is 3.52. The Hall–Kier alpha value is 0.110. The van der Waals surface area contributed by atoms with Gasteiger partial charge in [-0.2, -0.15) is 0 Å². The van der Waals surface area contributed by atoms with Crippen LogP contribution in [0.25, 0.3) is 0 Å². The topological polar surface area (TPSA) is 29.1 Å². The molecule has 0 saturated carbocycles. The second-order valence-corrected chi connectivity index (χ2v) is 5.15. The van der Waals surface area contributed by atoms with Gasteiger partial charge in [0.25, 0.3) is 0 Å². The summed E-state index contributed by atoms with van der Waals surface area (Å²) in [5.74, 6) is 1.59. The Morgan fingerprint density at radius 3 is 2.46 bits per heavy atom. The fraction of sp³-hybridized carbons (Fsp3) is 1.00. The van der Waals surface area contributed by atoms with E-state index in [0.717, 1.165) is 18.1 Å². The fourth-order valence-electron chi connectivity index (χ4n) is 1.32. The first-order chi connectivity index (χ1) is 6.24. The molecule has 0 aromatic rings. The highest BCUT2D eigenvalue weighted by Gasteiger charge is 2.03. The zero-order valence-electron chi connectivity index (χ0n) is 9.14. The van der Waals surface area contributed by atoms with Crippen molar-refractivity contribution in [3.63, 3.8) is 0 Å². The predicted octanol–water partition coefficient (Wildman–Crippen LogP) is 1.92. The molecule has 0 heterocycles. The van der Waals surface area contributed by atoms with Crippen LogP contribution >= 0.6 is 0 Å². The Morgan fingerprint density at radius 2 is 2.00 bits per heavy atom. The molecule has 0 radical (unpaired) electrons. The molecule has 0 aliphatic carbocycles. The largest absolute Gasteiger partial charge is 0.313 e. The van der Waals surface area contributed by atoms with Gasteiger partial charge in [-0.3, -0.25) is 4.21 Å². The Morgan fingerprint density at radius 1 is 1.31 bits per heavy atom. The van der Waals surface area contributed by atoms with Gasteiger partial charge >= 0.3 is 0 Å². The molecule has 3 heteroatoms. The van der Waals surface area contributed by atoms with Crippen molar-refractivity contribution in [2.75, 3.05) is 18.1 Å². The summed E-state index contributed by atoms with van der Waals surface area (Å²) in [6.07, 6.45) is 3.63. The highest BCUT2D eigenvalue weighted by molar-refractivity contribution is 7.84. The number of rotatable bonds is 8. The van der Waals surface area contributed by atoms with Crippen molar-refractivity contribution >= 4 is 10.8 Å². The Labute approximate surface area is 84.9 Å². The highest BCUT2D eigenvalue weighted by atomic mass is 32.2. The molecule has 0 rings (SSSR count). The van der Waals surface area contributed by atoms with Crippen molar-refractivity contribution in [2.24, 2.45) is 0 Å². The lowest BCUT2D eigenvalue weighted by molar-refractivity contribution is 0.476. The predicted molar refractivity (Wildman–Crippen MR) is 60.5 cm³/mol. The summed E-state index contributed by atoms with van der Waals surface area (Å²) in [6.45, 7) is 7.27. The molecule has 0 aliphatic heterocycles. The van der Waals surface area contributed by atoms with Crippen molar-refractivity contribution in [1.29, 1.82) is 0 Å². The van der Waals surface area contributed by atoms with Crippen molar-refractivity contribution < 1.29 is 4.21 Å². The van der Waals surface area contributed by atoms with Gasteiger partial charge in [-0.1, -0.05) is 27.2 Å². The van der Waals surface area contributed by atoms with Crippen LogP contribution in [0, 0.1) is 0 Å². The van der Waals surface area contributed by atoms with Crippen LogP contribution in [-0.2, 0) is 10.8 Å². The van der Waals surface area contributed by atoms with E-state index in [-0.39, 0.29) is 0 Å². The molecule has 2 unspecified atom stereocenters. The molecule has 2 nitrogen and oxygen atoms in total. The van der Waals surface area contributed by atoms with Crippen molar-refractivity contribution in [1.82, 2.24) is 5.32 Å². The number of hydrogen-bond acceptors (Lipinski definition) is 2. The first-order valence-electron chi connectivity index (χ1n) is 5.32. The van der Waals surface area contributed by atoms with Crippen LogP contribution in [0.5, 0.6) is 0 Å². The molecule has 0 aromatic carbocycles. The van der Waals surface area contributed by atoms with Crippen LogP contribution in [0.1, 0.15) is 40.0 Å². The van der Waals surface area contributed by atoms with Crippen molar-refractivity contribution in [3.05, 3.63) is 0 Å². The maximum atomic E-state index is 11.1. The van der Waals surface area contributed by atoms with Gasteiger partial charge in [0.15, 0.2) is 0 Å². The van der Waals surface area contributed by atoms with E-state index in [1.165, 1.54) is 19.3 Å². The summed E-state index contributed by atoms with van der Waals surface area (Å²) in [5.41, 5.74) is 0. The summed E-state index contributed by atoms with van der Waals surface area (Å²) >= 11 is 0. The van der Waals surface area contributed by atoms with E-state index < -0.39 is 10.8 Å². The Kier molecular flexibility index (Phi) is 8.77. The minimum atomic E-state index is -0.612. The Bertz CT molecular complexity index is 139. The van der Waals surface area contributed by atoms with Crippen molar-refractivity contribution in [2.45, 2.75) is 46.1 Å². The molecule has 0 aliphatic rings. The molecule has 0 fully saturated rings. The van der Waals surface area contributed by atoms with Gasteiger partial charge < -0.3 is 5.32 Å². The first kappa shape index (κ1) is 13.1. The van der Waals surface area contributed by atoms with Crippen LogP contribution in [0.3, 0.4) is 0 Å². The second-order valence-electron chi connectivity index (χ2n) is 3.28. The maximum absolute atomic E-state index is 11.1. The molecule has 0 spiro atoms. The zero-order valence-corrected chi connectivity index (χ0v) is 9.95. The van der Waals surface area contributed by atoms with Gasteiger partial charge in [0.2, 0.25) is 0 Å². The summed E-state index contributed by atoms with van der Waals surface area (Å²) in [4.78, 5) is 0. The van der Waals surface area contributed by atoms with E-state index in [1.54, 1.807) is 0 Å². The number of nitrogens with one attached hydrogen (secondary N) is 1. The highest BCUT2D eigenvalue weighted by Crippen LogP contribution is 1.99. The third-order valence-electron chi connectivity index (χ3n) is 2.21. The molecule has 0 bridgehead atoms. The molecule has 80 valence electrons. The van der Waals surface area contributed by atoms with E-state index in [0.29, 0.717) is 6.04 Å². The molecule has 0 saturated heterocycles. The summed E-state index contributed by atoms with van der Waals surface area (Å²) in [5, 5.41) is 3.44.